The fourth-order valence-electron chi connectivity index (χ4n) is 2.80. The first kappa shape index (κ1) is 22.0. The summed E-state index contributed by atoms with van der Waals surface area (Å²) in [6.45, 7) is 6.25. The van der Waals surface area contributed by atoms with Crippen LogP contribution < -0.4 is 10.6 Å². The number of hydrogen-bond acceptors (Lipinski definition) is 4. The number of hydrogen-bond donors (Lipinski definition) is 2. The van der Waals surface area contributed by atoms with E-state index in [1.165, 1.54) is 11.6 Å². The van der Waals surface area contributed by atoms with Crippen molar-refractivity contribution in [3.05, 3.63) is 59.4 Å². The smallest absolute Gasteiger partial charge is 0.238 e. The molecule has 1 amide bonds. The van der Waals surface area contributed by atoms with Crippen molar-refractivity contribution in [2.75, 3.05) is 18.1 Å². The Morgan fingerprint density at radius 3 is 2.29 bits per heavy atom. The number of amides is 1. The Balaban J connectivity index is 1.95. The van der Waals surface area contributed by atoms with Crippen molar-refractivity contribution >= 4 is 21.4 Å². The van der Waals surface area contributed by atoms with E-state index in [1.54, 1.807) is 0 Å². The predicted molar refractivity (Wildman–Crippen MR) is 110 cm³/mol. The van der Waals surface area contributed by atoms with E-state index in [0.717, 1.165) is 30.4 Å². The number of carbonyl (C=O) groups excluding carboxylic acids is 1. The van der Waals surface area contributed by atoms with E-state index in [-0.39, 0.29) is 23.2 Å². The second-order valence-corrected chi connectivity index (χ2v) is 9.42. The van der Waals surface area contributed by atoms with Crippen LogP contribution in [0, 0.1) is 11.7 Å². The molecule has 5 nitrogen and oxygen atoms in total. The van der Waals surface area contributed by atoms with Crippen LogP contribution in [-0.4, -0.2) is 27.1 Å². The summed E-state index contributed by atoms with van der Waals surface area (Å²) in [6.07, 6.45) is 2.05. The van der Waals surface area contributed by atoms with Gasteiger partial charge >= 0.3 is 0 Å². The molecule has 2 aromatic rings. The van der Waals surface area contributed by atoms with Gasteiger partial charge in [0, 0.05) is 12.3 Å². The van der Waals surface area contributed by atoms with Crippen LogP contribution >= 0.6 is 0 Å². The maximum Gasteiger partial charge on any atom is 0.238 e. The lowest BCUT2D eigenvalue weighted by Gasteiger charge is -2.15. The van der Waals surface area contributed by atoms with Gasteiger partial charge in [-0.2, -0.15) is 0 Å². The van der Waals surface area contributed by atoms with E-state index >= 15 is 0 Å². The Bertz CT molecular complexity index is 925. The number of rotatable bonds is 8. The number of nitrogens with one attached hydrogen (secondary N) is 2. The molecule has 0 saturated carbocycles. The van der Waals surface area contributed by atoms with Crippen molar-refractivity contribution in [1.29, 1.82) is 0 Å². The summed E-state index contributed by atoms with van der Waals surface area (Å²) >= 11 is 0. The van der Waals surface area contributed by atoms with Gasteiger partial charge in [-0.05, 0) is 48.6 Å². The van der Waals surface area contributed by atoms with Gasteiger partial charge in [0.2, 0.25) is 5.91 Å². The van der Waals surface area contributed by atoms with Crippen LogP contribution in [0.5, 0.6) is 0 Å². The van der Waals surface area contributed by atoms with Crippen LogP contribution in [0.2, 0.25) is 0 Å². The molecule has 28 heavy (non-hydrogen) atoms. The molecule has 0 spiro atoms. The largest absolute Gasteiger partial charge is 0.322 e. The van der Waals surface area contributed by atoms with Crippen LogP contribution in [0.4, 0.5) is 10.1 Å². The Kier molecular flexibility index (Phi) is 7.32. The molecule has 1 atom stereocenters. The number of benzene rings is 2. The molecule has 1 unspecified atom stereocenters. The molecule has 0 radical (unpaired) electrons. The first-order valence-corrected chi connectivity index (χ1v) is 11.1. The maximum absolute atomic E-state index is 13.9. The molecule has 2 aromatic carbocycles. The average molecular weight is 407 g/mol. The summed E-state index contributed by atoms with van der Waals surface area (Å²) in [7, 11) is -3.48. The van der Waals surface area contributed by atoms with Gasteiger partial charge in [-0.25, -0.2) is 12.8 Å². The number of halogens is 1. The minimum Gasteiger partial charge on any atom is -0.322 e. The molecule has 0 heterocycles. The van der Waals surface area contributed by atoms with E-state index in [2.05, 4.69) is 36.6 Å². The molecular weight excluding hydrogens is 379 g/mol. The van der Waals surface area contributed by atoms with Gasteiger partial charge in [-0.1, -0.05) is 38.1 Å². The van der Waals surface area contributed by atoms with Gasteiger partial charge in [0.25, 0.3) is 0 Å². The highest BCUT2D eigenvalue weighted by Crippen LogP contribution is 2.20. The Hall–Kier alpha value is -2.25. The summed E-state index contributed by atoms with van der Waals surface area (Å²) in [5, 5.41) is 5.51. The first-order chi connectivity index (χ1) is 13.1. The minimum atomic E-state index is -3.48. The average Bonchev–Trinajstić information content (AvgIpc) is 2.60. The summed E-state index contributed by atoms with van der Waals surface area (Å²) in [6, 6.07) is 11.5. The Morgan fingerprint density at radius 2 is 1.71 bits per heavy atom. The fraction of sp³-hybridized carbons (Fsp3) is 0.381. The molecular formula is C21H27FN2O3S. The molecule has 0 aliphatic carbocycles. The van der Waals surface area contributed by atoms with Crippen molar-refractivity contribution in [2.45, 2.75) is 38.1 Å². The zero-order valence-electron chi connectivity index (χ0n) is 16.6. The fourth-order valence-corrected chi connectivity index (χ4v) is 3.45. The molecule has 0 fully saturated rings. The monoisotopic (exact) mass is 406 g/mol. The van der Waals surface area contributed by atoms with Crippen LogP contribution in [0.3, 0.4) is 0 Å². The summed E-state index contributed by atoms with van der Waals surface area (Å²) in [4.78, 5) is 12.1. The third-order valence-electron chi connectivity index (χ3n) is 4.33. The molecule has 0 bridgehead atoms. The molecule has 0 aliphatic heterocycles. The highest BCUT2D eigenvalue weighted by molar-refractivity contribution is 7.90. The van der Waals surface area contributed by atoms with E-state index in [9.17, 15) is 17.6 Å². The Labute approximate surface area is 166 Å². The van der Waals surface area contributed by atoms with Gasteiger partial charge in [0.05, 0.1) is 17.1 Å². The van der Waals surface area contributed by atoms with Crippen molar-refractivity contribution in [2.24, 2.45) is 5.92 Å². The van der Waals surface area contributed by atoms with E-state index < -0.39 is 21.6 Å². The van der Waals surface area contributed by atoms with Crippen LogP contribution in [0.1, 0.15) is 37.9 Å². The zero-order valence-corrected chi connectivity index (χ0v) is 17.4. The van der Waals surface area contributed by atoms with E-state index in [4.69, 9.17) is 0 Å². The van der Waals surface area contributed by atoms with Crippen molar-refractivity contribution in [3.63, 3.8) is 0 Å². The van der Waals surface area contributed by atoms with Crippen LogP contribution in [0.15, 0.2) is 47.4 Å². The van der Waals surface area contributed by atoms with E-state index in [1.807, 2.05) is 19.1 Å². The van der Waals surface area contributed by atoms with Crippen molar-refractivity contribution in [3.8, 4) is 0 Å². The quantitative estimate of drug-likeness (QED) is 0.655. The molecule has 7 heteroatoms. The highest BCUT2D eigenvalue weighted by atomic mass is 32.2. The van der Waals surface area contributed by atoms with Gasteiger partial charge in [-0.3, -0.25) is 4.79 Å². The minimum absolute atomic E-state index is 0.0303. The normalized spacial score (nSPS) is 12.8. The molecule has 152 valence electrons. The highest BCUT2D eigenvalue weighted by Gasteiger charge is 2.14. The summed E-state index contributed by atoms with van der Waals surface area (Å²) in [5.74, 6) is -0.547. The number of sulfone groups is 1. The molecule has 2 N–H and O–H groups in total. The first-order valence-electron chi connectivity index (χ1n) is 9.18. The SMILES string of the molecule is CC(C)Cc1ccc(C(C)NCC(=O)Nc2cc(S(C)(=O)=O)ccc2F)cc1. The molecule has 0 saturated heterocycles. The molecule has 0 aromatic heterocycles. The summed E-state index contributed by atoms with van der Waals surface area (Å²) < 4.78 is 37.1. The topological polar surface area (TPSA) is 75.3 Å². The lowest BCUT2D eigenvalue weighted by atomic mass is 10.00. The molecule has 2 rings (SSSR count). The van der Waals surface area contributed by atoms with Gasteiger partial charge in [0.15, 0.2) is 9.84 Å². The standard InChI is InChI=1S/C21H27FN2O3S/c1-14(2)11-16-5-7-17(8-6-16)15(3)23-13-21(25)24-20-12-18(28(4,26)27)9-10-19(20)22/h5-10,12,14-15,23H,11,13H2,1-4H3,(H,24,25). The molecule has 0 aliphatic rings. The second kappa shape index (κ2) is 9.30. The van der Waals surface area contributed by atoms with Crippen molar-refractivity contribution in [1.82, 2.24) is 5.32 Å². The van der Waals surface area contributed by atoms with Gasteiger partial charge < -0.3 is 10.6 Å². The Morgan fingerprint density at radius 1 is 1.07 bits per heavy atom. The third kappa shape index (κ3) is 6.42. The van der Waals surface area contributed by atoms with E-state index in [0.29, 0.717) is 5.92 Å². The summed E-state index contributed by atoms with van der Waals surface area (Å²) in [5.41, 5.74) is 2.16. The van der Waals surface area contributed by atoms with Gasteiger partial charge in [-0.15, -0.1) is 0 Å². The lowest BCUT2D eigenvalue weighted by molar-refractivity contribution is -0.115. The maximum atomic E-state index is 13.9. The number of anilines is 1. The van der Waals surface area contributed by atoms with Crippen molar-refractivity contribution < 1.29 is 17.6 Å². The third-order valence-corrected chi connectivity index (χ3v) is 5.44. The lowest BCUT2D eigenvalue weighted by Crippen LogP contribution is -2.30. The van der Waals surface area contributed by atoms with Gasteiger partial charge in [0.1, 0.15) is 5.82 Å². The van der Waals surface area contributed by atoms with Crippen LogP contribution in [-0.2, 0) is 21.1 Å². The van der Waals surface area contributed by atoms with Crippen LogP contribution in [0.25, 0.3) is 0 Å². The number of carbonyl (C=O) groups is 1. The predicted octanol–water partition coefficient (Wildman–Crippen LogP) is 3.72. The second-order valence-electron chi connectivity index (χ2n) is 7.40. The zero-order chi connectivity index (χ0) is 20.9.